The van der Waals surface area contributed by atoms with E-state index in [4.69, 9.17) is 4.74 Å². The van der Waals surface area contributed by atoms with E-state index in [1.54, 1.807) is 0 Å². The van der Waals surface area contributed by atoms with E-state index < -0.39 is 13.1 Å². The van der Waals surface area contributed by atoms with E-state index in [0.29, 0.717) is 0 Å². The number of carbonyl (C=O) groups is 1. The Labute approximate surface area is 139 Å². The largest absolute Gasteiger partial charge is 0.469 e. The fourth-order valence-electron chi connectivity index (χ4n) is 4.29. The second-order valence-electron chi connectivity index (χ2n) is 7.46. The first-order valence-corrected chi connectivity index (χ1v) is 11.6. The first-order valence-electron chi connectivity index (χ1n) is 8.09. The molecule has 1 aliphatic carbocycles. The molecule has 2 aromatic rings. The first kappa shape index (κ1) is 16.0. The minimum atomic E-state index is -1.83. The first-order chi connectivity index (χ1) is 10.9. The van der Waals surface area contributed by atoms with Crippen molar-refractivity contribution < 1.29 is 9.53 Å². The van der Waals surface area contributed by atoms with Gasteiger partial charge in [0.1, 0.15) is 0 Å². The molecule has 0 aromatic heterocycles. The maximum Gasteiger partial charge on any atom is 0.310 e. The molecule has 0 spiro atoms. The summed E-state index contributed by atoms with van der Waals surface area (Å²) in [4.78, 5) is 12.9. The van der Waals surface area contributed by atoms with Gasteiger partial charge in [-0.1, -0.05) is 80.3 Å². The number of methoxy groups -OCH3 is 1. The Hall–Kier alpha value is -1.87. The molecule has 0 aliphatic heterocycles. The monoisotopic (exact) mass is 324 g/mol. The Morgan fingerprint density at radius 2 is 1.35 bits per heavy atom. The molecular formula is C20H24O2Si. The molecule has 0 unspecified atom stereocenters. The van der Waals surface area contributed by atoms with Crippen molar-refractivity contribution in [2.45, 2.75) is 36.5 Å². The van der Waals surface area contributed by atoms with Gasteiger partial charge in [-0.15, -0.1) is 0 Å². The minimum absolute atomic E-state index is 0.0515. The quantitative estimate of drug-likeness (QED) is 0.605. The molecule has 0 amide bonds. The van der Waals surface area contributed by atoms with Crippen LogP contribution in [0.5, 0.6) is 0 Å². The minimum Gasteiger partial charge on any atom is -0.469 e. The lowest BCUT2D eigenvalue weighted by Gasteiger charge is -2.34. The van der Waals surface area contributed by atoms with Gasteiger partial charge in [0.15, 0.2) is 0 Å². The van der Waals surface area contributed by atoms with Crippen LogP contribution < -0.4 is 0 Å². The Bertz CT molecular complexity index is 664. The van der Waals surface area contributed by atoms with Gasteiger partial charge in [0.25, 0.3) is 0 Å². The molecular weight excluding hydrogens is 300 g/mol. The standard InChI is InChI=1S/C20H24O2Si/c1-22-18(21)20(23(2,3)4)15-19(20,16-11-7-5-8-12-16)17-13-9-6-10-14-17/h5-14H,15H2,1-4H3/t20-/m1/s1. The van der Waals surface area contributed by atoms with Crippen LogP contribution in [0.1, 0.15) is 17.5 Å². The summed E-state index contributed by atoms with van der Waals surface area (Å²) < 4.78 is 5.30. The molecule has 120 valence electrons. The maximum atomic E-state index is 12.9. The Kier molecular flexibility index (Phi) is 3.72. The number of hydrogen-bond acceptors (Lipinski definition) is 2. The van der Waals surface area contributed by atoms with Crippen LogP contribution in [0, 0.1) is 0 Å². The third-order valence-electron chi connectivity index (χ3n) is 5.48. The zero-order valence-electron chi connectivity index (χ0n) is 14.3. The molecule has 0 heterocycles. The van der Waals surface area contributed by atoms with E-state index in [9.17, 15) is 4.79 Å². The number of esters is 1. The number of benzene rings is 2. The Morgan fingerprint density at radius 3 is 1.70 bits per heavy atom. The fraction of sp³-hybridized carbons (Fsp3) is 0.350. The second-order valence-corrected chi connectivity index (χ2v) is 12.8. The third-order valence-corrected chi connectivity index (χ3v) is 8.85. The van der Waals surface area contributed by atoms with Crippen LogP contribution in [0.2, 0.25) is 24.7 Å². The van der Waals surface area contributed by atoms with Crippen LogP contribution in [0.15, 0.2) is 60.7 Å². The van der Waals surface area contributed by atoms with Gasteiger partial charge in [0.05, 0.1) is 20.2 Å². The summed E-state index contributed by atoms with van der Waals surface area (Å²) in [6.45, 7) is 6.83. The Balaban J connectivity index is 2.27. The number of hydrogen-bond donors (Lipinski definition) is 0. The molecule has 1 saturated carbocycles. The summed E-state index contributed by atoms with van der Waals surface area (Å²) in [6, 6.07) is 20.9. The van der Waals surface area contributed by atoms with E-state index in [1.165, 1.54) is 18.2 Å². The number of ether oxygens (including phenoxy) is 1. The molecule has 23 heavy (non-hydrogen) atoms. The molecule has 3 heteroatoms. The molecule has 1 atom stereocenters. The van der Waals surface area contributed by atoms with Crippen molar-refractivity contribution in [1.82, 2.24) is 0 Å². The maximum absolute atomic E-state index is 12.9. The Morgan fingerprint density at radius 1 is 0.913 bits per heavy atom. The van der Waals surface area contributed by atoms with Crippen LogP contribution in [0.3, 0.4) is 0 Å². The van der Waals surface area contributed by atoms with E-state index in [0.717, 1.165) is 6.42 Å². The van der Waals surface area contributed by atoms with E-state index in [2.05, 4.69) is 68.2 Å². The zero-order valence-corrected chi connectivity index (χ0v) is 15.3. The molecule has 0 bridgehead atoms. The van der Waals surface area contributed by atoms with Crippen molar-refractivity contribution in [3.8, 4) is 0 Å². The summed E-state index contributed by atoms with van der Waals surface area (Å²) >= 11 is 0. The van der Waals surface area contributed by atoms with Gasteiger partial charge in [-0.25, -0.2) is 0 Å². The van der Waals surface area contributed by atoms with Crippen molar-refractivity contribution in [2.75, 3.05) is 7.11 Å². The lowest BCUT2D eigenvalue weighted by molar-refractivity contribution is -0.142. The van der Waals surface area contributed by atoms with Crippen LogP contribution in [-0.4, -0.2) is 21.2 Å². The number of carbonyl (C=O) groups excluding carboxylic acids is 1. The average Bonchev–Trinajstić information content (AvgIpc) is 3.29. The van der Waals surface area contributed by atoms with Gasteiger partial charge < -0.3 is 4.74 Å². The topological polar surface area (TPSA) is 26.3 Å². The summed E-state index contributed by atoms with van der Waals surface area (Å²) in [6.07, 6.45) is 0.844. The van der Waals surface area contributed by atoms with Gasteiger partial charge in [-0.2, -0.15) is 0 Å². The van der Waals surface area contributed by atoms with E-state index in [-0.39, 0.29) is 11.4 Å². The molecule has 1 fully saturated rings. The second kappa shape index (κ2) is 5.34. The van der Waals surface area contributed by atoms with E-state index >= 15 is 0 Å². The van der Waals surface area contributed by atoms with Crippen LogP contribution in [-0.2, 0) is 14.9 Å². The molecule has 3 rings (SSSR count). The predicted molar refractivity (Wildman–Crippen MR) is 96.3 cm³/mol. The summed E-state index contributed by atoms with van der Waals surface area (Å²) in [5.74, 6) is -0.0515. The average molecular weight is 324 g/mol. The van der Waals surface area contributed by atoms with Crippen molar-refractivity contribution in [1.29, 1.82) is 0 Å². The smallest absolute Gasteiger partial charge is 0.310 e. The normalized spacial score (nSPS) is 22.4. The lowest BCUT2D eigenvalue weighted by atomic mass is 9.85. The van der Waals surface area contributed by atoms with Crippen LogP contribution >= 0.6 is 0 Å². The lowest BCUT2D eigenvalue weighted by Crippen LogP contribution is -2.42. The van der Waals surface area contributed by atoms with Gasteiger partial charge in [-0.3, -0.25) is 4.79 Å². The third kappa shape index (κ3) is 2.10. The van der Waals surface area contributed by atoms with Gasteiger partial charge in [-0.05, 0) is 17.5 Å². The molecule has 2 aromatic carbocycles. The number of rotatable bonds is 4. The molecule has 2 nitrogen and oxygen atoms in total. The summed E-state index contributed by atoms with van der Waals surface area (Å²) in [5, 5.41) is -0.405. The van der Waals surface area contributed by atoms with Gasteiger partial charge >= 0.3 is 5.97 Å². The van der Waals surface area contributed by atoms with Gasteiger partial charge in [0, 0.05) is 5.41 Å². The fourth-order valence-corrected chi connectivity index (χ4v) is 7.37. The SMILES string of the molecule is COC(=O)[C@]1([Si](C)(C)C)CC1(c1ccccc1)c1ccccc1. The highest BCUT2D eigenvalue weighted by Crippen LogP contribution is 2.78. The zero-order chi connectivity index (χ0) is 16.7. The highest BCUT2D eigenvalue weighted by atomic mass is 28.3. The molecule has 1 aliphatic rings. The highest BCUT2D eigenvalue weighted by molar-refractivity contribution is 6.84. The van der Waals surface area contributed by atoms with Crippen molar-refractivity contribution in [2.24, 2.45) is 0 Å². The van der Waals surface area contributed by atoms with Crippen LogP contribution in [0.25, 0.3) is 0 Å². The summed E-state index contributed by atoms with van der Waals surface area (Å²) in [7, 11) is -0.316. The molecule has 0 N–H and O–H groups in total. The predicted octanol–water partition coefficient (Wildman–Crippen LogP) is 4.63. The van der Waals surface area contributed by atoms with Crippen molar-refractivity contribution in [3.05, 3.63) is 71.8 Å². The molecule has 0 saturated heterocycles. The molecule has 0 radical (unpaired) electrons. The van der Waals surface area contributed by atoms with E-state index in [1.807, 2.05) is 12.1 Å². The van der Waals surface area contributed by atoms with Crippen molar-refractivity contribution >= 4 is 14.0 Å². The highest BCUT2D eigenvalue weighted by Gasteiger charge is 2.78. The van der Waals surface area contributed by atoms with Crippen molar-refractivity contribution in [3.63, 3.8) is 0 Å². The summed E-state index contributed by atoms with van der Waals surface area (Å²) in [5.41, 5.74) is 2.19. The van der Waals surface area contributed by atoms with Crippen LogP contribution in [0.4, 0.5) is 0 Å². The van der Waals surface area contributed by atoms with Gasteiger partial charge in [0.2, 0.25) is 0 Å².